The molecule has 3 N–H and O–H groups in total. The van der Waals surface area contributed by atoms with Gasteiger partial charge >= 0.3 is 0 Å². The Hall–Kier alpha value is -1.08. The van der Waals surface area contributed by atoms with E-state index < -0.39 is 6.10 Å². The molecule has 0 bridgehead atoms. The lowest BCUT2D eigenvalue weighted by Crippen LogP contribution is -2.19. The molecule has 0 radical (unpaired) electrons. The SMILES string of the molecule is CC#CC[C@H](C)[C@H](O)C=C[C@@H]1[C@H]2CC(=CCCCCNC)C[C@H]2C[C@H]1O. The first-order chi connectivity index (χ1) is 12.6. The molecule has 2 fully saturated rings. The molecule has 26 heavy (non-hydrogen) atoms. The van der Waals surface area contributed by atoms with Gasteiger partial charge in [-0.05, 0) is 76.8 Å². The second-order valence-corrected chi connectivity index (χ2v) is 8.16. The van der Waals surface area contributed by atoms with Crippen LogP contribution < -0.4 is 5.32 Å². The van der Waals surface area contributed by atoms with Crippen molar-refractivity contribution in [3.63, 3.8) is 0 Å². The van der Waals surface area contributed by atoms with Gasteiger partial charge < -0.3 is 15.5 Å². The van der Waals surface area contributed by atoms with Gasteiger partial charge in [-0.3, -0.25) is 0 Å². The van der Waals surface area contributed by atoms with E-state index in [1.165, 1.54) is 19.3 Å². The van der Waals surface area contributed by atoms with Gasteiger partial charge in [0.05, 0.1) is 12.2 Å². The van der Waals surface area contributed by atoms with Gasteiger partial charge in [0.2, 0.25) is 0 Å². The highest BCUT2D eigenvalue weighted by atomic mass is 16.3. The van der Waals surface area contributed by atoms with Crippen LogP contribution in [-0.4, -0.2) is 36.0 Å². The summed E-state index contributed by atoms with van der Waals surface area (Å²) < 4.78 is 0. The summed E-state index contributed by atoms with van der Waals surface area (Å²) in [6, 6.07) is 0. The minimum Gasteiger partial charge on any atom is -0.392 e. The summed E-state index contributed by atoms with van der Waals surface area (Å²) in [7, 11) is 2.00. The number of hydrogen-bond donors (Lipinski definition) is 3. The largest absolute Gasteiger partial charge is 0.392 e. The monoisotopic (exact) mass is 359 g/mol. The van der Waals surface area contributed by atoms with E-state index in [2.05, 4.69) is 29.3 Å². The van der Waals surface area contributed by atoms with Gasteiger partial charge in [0, 0.05) is 12.3 Å². The van der Waals surface area contributed by atoms with Gasteiger partial charge in [0.25, 0.3) is 0 Å². The predicted molar refractivity (Wildman–Crippen MR) is 109 cm³/mol. The third-order valence-electron chi connectivity index (χ3n) is 6.14. The van der Waals surface area contributed by atoms with Crippen LogP contribution in [0.3, 0.4) is 0 Å². The number of unbranched alkanes of at least 4 members (excludes halogenated alkanes) is 2. The van der Waals surface area contributed by atoms with E-state index in [9.17, 15) is 10.2 Å². The minimum absolute atomic E-state index is 0.129. The van der Waals surface area contributed by atoms with Crippen molar-refractivity contribution < 1.29 is 10.2 Å². The van der Waals surface area contributed by atoms with Crippen molar-refractivity contribution in [3.05, 3.63) is 23.8 Å². The molecule has 0 aliphatic heterocycles. The minimum atomic E-state index is -0.481. The average molecular weight is 360 g/mol. The zero-order valence-electron chi connectivity index (χ0n) is 16.7. The fraction of sp³-hybridized carbons (Fsp3) is 0.739. The van der Waals surface area contributed by atoms with Crippen molar-refractivity contribution in [1.82, 2.24) is 5.32 Å². The van der Waals surface area contributed by atoms with Crippen LogP contribution in [0, 0.1) is 35.5 Å². The molecule has 0 heterocycles. The Bertz CT molecular complexity index is 542. The van der Waals surface area contributed by atoms with Crippen LogP contribution >= 0.6 is 0 Å². The maximum atomic E-state index is 10.5. The Morgan fingerprint density at radius 3 is 2.85 bits per heavy atom. The van der Waals surface area contributed by atoms with Crippen LogP contribution in [0.15, 0.2) is 23.8 Å². The molecule has 3 nitrogen and oxygen atoms in total. The van der Waals surface area contributed by atoms with Crippen LogP contribution in [0.2, 0.25) is 0 Å². The lowest BCUT2D eigenvalue weighted by Gasteiger charge is -2.19. The van der Waals surface area contributed by atoms with Crippen LogP contribution in [-0.2, 0) is 0 Å². The number of aliphatic hydroxyl groups excluding tert-OH is 2. The lowest BCUT2D eigenvalue weighted by molar-refractivity contribution is 0.137. The number of hydrogen-bond acceptors (Lipinski definition) is 3. The van der Waals surface area contributed by atoms with Gasteiger partial charge in [-0.1, -0.05) is 30.7 Å². The van der Waals surface area contributed by atoms with E-state index in [1.807, 2.05) is 27.0 Å². The first-order valence-electron chi connectivity index (χ1n) is 10.3. The summed E-state index contributed by atoms with van der Waals surface area (Å²) in [6.07, 6.45) is 13.2. The molecule has 0 aromatic rings. The smallest absolute Gasteiger partial charge is 0.0755 e. The Morgan fingerprint density at radius 1 is 1.31 bits per heavy atom. The molecule has 0 aromatic carbocycles. The van der Waals surface area contributed by atoms with E-state index in [0.29, 0.717) is 18.3 Å². The third-order valence-corrected chi connectivity index (χ3v) is 6.14. The van der Waals surface area contributed by atoms with Crippen LogP contribution in [0.25, 0.3) is 0 Å². The van der Waals surface area contributed by atoms with Gasteiger partial charge in [-0.15, -0.1) is 11.8 Å². The maximum Gasteiger partial charge on any atom is 0.0755 e. The normalized spacial score (nSPS) is 31.8. The molecule has 6 atom stereocenters. The molecule has 146 valence electrons. The molecule has 0 aromatic heterocycles. The molecular formula is C23H37NO2. The first kappa shape index (κ1) is 21.2. The summed E-state index contributed by atoms with van der Waals surface area (Å²) in [5.74, 6) is 7.40. The Kier molecular flexibility index (Phi) is 8.91. The van der Waals surface area contributed by atoms with Crippen LogP contribution in [0.4, 0.5) is 0 Å². The lowest BCUT2D eigenvalue weighted by atomic mass is 9.89. The molecule has 2 saturated carbocycles. The van der Waals surface area contributed by atoms with E-state index in [1.54, 1.807) is 5.57 Å². The quantitative estimate of drug-likeness (QED) is 0.334. The van der Waals surface area contributed by atoms with E-state index >= 15 is 0 Å². The molecular weight excluding hydrogens is 322 g/mol. The summed E-state index contributed by atoms with van der Waals surface area (Å²) in [6.45, 7) is 4.95. The molecule has 2 aliphatic carbocycles. The van der Waals surface area contributed by atoms with Crippen LogP contribution in [0.1, 0.15) is 58.8 Å². The van der Waals surface area contributed by atoms with E-state index in [-0.39, 0.29) is 17.9 Å². The maximum absolute atomic E-state index is 10.5. The molecule has 0 saturated heterocycles. The second kappa shape index (κ2) is 10.9. The molecule has 0 spiro atoms. The topological polar surface area (TPSA) is 52.5 Å². The van der Waals surface area contributed by atoms with Gasteiger partial charge in [-0.2, -0.15) is 0 Å². The van der Waals surface area contributed by atoms with Gasteiger partial charge in [-0.25, -0.2) is 0 Å². The van der Waals surface area contributed by atoms with Crippen molar-refractivity contribution in [1.29, 1.82) is 0 Å². The molecule has 0 unspecified atom stereocenters. The van der Waals surface area contributed by atoms with Gasteiger partial charge in [0.1, 0.15) is 0 Å². The fourth-order valence-electron chi connectivity index (χ4n) is 4.51. The Balaban J connectivity index is 1.87. The van der Waals surface area contributed by atoms with E-state index in [0.717, 1.165) is 25.8 Å². The van der Waals surface area contributed by atoms with Crippen molar-refractivity contribution >= 4 is 0 Å². The average Bonchev–Trinajstić information content (AvgIpc) is 3.13. The Labute approximate surface area is 160 Å². The number of fused-ring (bicyclic) bond motifs is 1. The van der Waals surface area contributed by atoms with Crippen molar-refractivity contribution in [2.24, 2.45) is 23.7 Å². The van der Waals surface area contributed by atoms with Crippen LogP contribution in [0.5, 0.6) is 0 Å². The predicted octanol–water partition coefficient (Wildman–Crippen LogP) is 3.68. The van der Waals surface area contributed by atoms with Crippen molar-refractivity contribution in [3.8, 4) is 11.8 Å². The van der Waals surface area contributed by atoms with Crippen molar-refractivity contribution in [2.75, 3.05) is 13.6 Å². The Morgan fingerprint density at radius 2 is 2.12 bits per heavy atom. The number of nitrogens with one attached hydrogen (secondary N) is 1. The summed E-state index contributed by atoms with van der Waals surface area (Å²) in [4.78, 5) is 0. The zero-order valence-corrected chi connectivity index (χ0v) is 16.7. The number of allylic oxidation sites excluding steroid dienone is 2. The van der Waals surface area contributed by atoms with Crippen molar-refractivity contribution in [2.45, 2.75) is 71.0 Å². The highest BCUT2D eigenvalue weighted by Gasteiger charge is 2.44. The summed E-state index contributed by atoms with van der Waals surface area (Å²) in [5, 5.41) is 24.0. The van der Waals surface area contributed by atoms with E-state index in [4.69, 9.17) is 0 Å². The summed E-state index contributed by atoms with van der Waals surface area (Å²) >= 11 is 0. The molecule has 3 heteroatoms. The second-order valence-electron chi connectivity index (χ2n) is 8.16. The molecule has 2 rings (SSSR count). The molecule has 0 amide bonds. The highest BCUT2D eigenvalue weighted by molar-refractivity contribution is 5.18. The number of aliphatic hydroxyl groups is 2. The molecule has 2 aliphatic rings. The standard InChI is InChI=1S/C23H37NO2/c1-4-5-9-17(2)22(25)12-11-20-21-15-18(10-7-6-8-13-24-3)14-19(21)16-23(20)26/h10-12,17,19-26H,6-9,13-16H2,1-3H3/t17-,19-,20+,21-,22+,23+/m0/s1. The third kappa shape index (κ3) is 5.98. The highest BCUT2D eigenvalue weighted by Crippen LogP contribution is 2.50. The first-order valence-corrected chi connectivity index (χ1v) is 10.3. The number of rotatable bonds is 9. The fourth-order valence-corrected chi connectivity index (χ4v) is 4.51. The van der Waals surface area contributed by atoms with Gasteiger partial charge in [0.15, 0.2) is 0 Å². The zero-order chi connectivity index (χ0) is 18.9. The summed E-state index contributed by atoms with van der Waals surface area (Å²) in [5.41, 5.74) is 1.59.